The molecule has 7 nitrogen and oxygen atoms in total. The SMILES string of the molecule is CCS(=O)(=O)CCNC(=O)C1CCC(C(=O)O)O1. The van der Waals surface area contributed by atoms with Crippen LogP contribution in [-0.2, 0) is 24.2 Å². The van der Waals surface area contributed by atoms with E-state index in [0.29, 0.717) is 12.8 Å². The maximum Gasteiger partial charge on any atom is 0.332 e. The minimum Gasteiger partial charge on any atom is -0.479 e. The van der Waals surface area contributed by atoms with Crippen molar-refractivity contribution in [3.63, 3.8) is 0 Å². The number of hydrogen-bond donors (Lipinski definition) is 2. The first-order valence-corrected chi connectivity index (χ1v) is 7.54. The van der Waals surface area contributed by atoms with Gasteiger partial charge in [-0.3, -0.25) is 4.79 Å². The molecular weight excluding hydrogens is 262 g/mol. The fourth-order valence-corrected chi connectivity index (χ4v) is 2.30. The van der Waals surface area contributed by atoms with Gasteiger partial charge in [0.1, 0.15) is 6.10 Å². The topological polar surface area (TPSA) is 110 Å². The molecule has 18 heavy (non-hydrogen) atoms. The Bertz CT molecular complexity index is 418. The largest absolute Gasteiger partial charge is 0.479 e. The molecule has 0 saturated carbocycles. The molecule has 0 bridgehead atoms. The van der Waals surface area contributed by atoms with E-state index in [1.165, 1.54) is 6.92 Å². The van der Waals surface area contributed by atoms with Gasteiger partial charge in [-0.1, -0.05) is 6.92 Å². The summed E-state index contributed by atoms with van der Waals surface area (Å²) in [6.45, 7) is 1.56. The van der Waals surface area contributed by atoms with Gasteiger partial charge in [-0.2, -0.15) is 0 Å². The zero-order chi connectivity index (χ0) is 13.8. The molecule has 2 atom stereocenters. The van der Waals surface area contributed by atoms with Crippen LogP contribution in [0.4, 0.5) is 0 Å². The van der Waals surface area contributed by atoms with Crippen LogP contribution >= 0.6 is 0 Å². The van der Waals surface area contributed by atoms with Gasteiger partial charge in [-0.25, -0.2) is 13.2 Å². The predicted molar refractivity (Wildman–Crippen MR) is 62.9 cm³/mol. The summed E-state index contributed by atoms with van der Waals surface area (Å²) >= 11 is 0. The number of carboxylic acid groups (broad SMARTS) is 1. The lowest BCUT2D eigenvalue weighted by molar-refractivity contribution is -0.151. The Labute approximate surface area is 105 Å². The van der Waals surface area contributed by atoms with Crippen molar-refractivity contribution in [3.8, 4) is 0 Å². The zero-order valence-corrected chi connectivity index (χ0v) is 10.9. The lowest BCUT2D eigenvalue weighted by Crippen LogP contribution is -2.38. The molecule has 1 saturated heterocycles. The highest BCUT2D eigenvalue weighted by molar-refractivity contribution is 7.91. The highest BCUT2D eigenvalue weighted by Gasteiger charge is 2.34. The Balaban J connectivity index is 2.33. The molecule has 104 valence electrons. The van der Waals surface area contributed by atoms with Crippen LogP contribution in [-0.4, -0.2) is 55.7 Å². The van der Waals surface area contributed by atoms with Crippen LogP contribution < -0.4 is 5.32 Å². The van der Waals surface area contributed by atoms with Crippen molar-refractivity contribution >= 4 is 21.7 Å². The molecule has 0 spiro atoms. The van der Waals surface area contributed by atoms with Gasteiger partial charge in [0, 0.05) is 12.3 Å². The van der Waals surface area contributed by atoms with Crippen molar-refractivity contribution in [2.45, 2.75) is 32.0 Å². The summed E-state index contributed by atoms with van der Waals surface area (Å²) < 4.78 is 27.4. The maximum atomic E-state index is 11.6. The quantitative estimate of drug-likeness (QED) is 0.656. The van der Waals surface area contributed by atoms with Crippen molar-refractivity contribution < 1.29 is 27.9 Å². The van der Waals surface area contributed by atoms with E-state index in [2.05, 4.69) is 5.32 Å². The lowest BCUT2D eigenvalue weighted by Gasteiger charge is -2.11. The average Bonchev–Trinajstić information content (AvgIpc) is 2.78. The summed E-state index contributed by atoms with van der Waals surface area (Å²) in [4.78, 5) is 22.2. The summed E-state index contributed by atoms with van der Waals surface area (Å²) in [6, 6.07) is 0. The minimum atomic E-state index is -3.11. The molecule has 1 fully saturated rings. The number of carbonyl (C=O) groups is 2. The summed E-state index contributed by atoms with van der Waals surface area (Å²) in [7, 11) is -3.11. The Hall–Kier alpha value is -1.15. The second-order valence-electron chi connectivity index (χ2n) is 4.06. The molecule has 1 amide bonds. The molecule has 8 heteroatoms. The van der Waals surface area contributed by atoms with Crippen molar-refractivity contribution in [1.29, 1.82) is 0 Å². The molecule has 2 unspecified atom stereocenters. The van der Waals surface area contributed by atoms with Gasteiger partial charge in [0.2, 0.25) is 5.91 Å². The Morgan fingerprint density at radius 1 is 1.33 bits per heavy atom. The minimum absolute atomic E-state index is 0.0204. The molecular formula is C10H17NO6S. The van der Waals surface area contributed by atoms with E-state index in [9.17, 15) is 18.0 Å². The number of rotatable bonds is 6. The maximum absolute atomic E-state index is 11.6. The van der Waals surface area contributed by atoms with E-state index in [0.717, 1.165) is 0 Å². The molecule has 1 heterocycles. The smallest absolute Gasteiger partial charge is 0.332 e. The highest BCUT2D eigenvalue weighted by Crippen LogP contribution is 2.19. The van der Waals surface area contributed by atoms with Crippen LogP contribution in [0.3, 0.4) is 0 Å². The number of amides is 1. The third-order valence-electron chi connectivity index (χ3n) is 2.74. The van der Waals surface area contributed by atoms with E-state index in [-0.39, 0.29) is 18.1 Å². The zero-order valence-electron chi connectivity index (χ0n) is 10.1. The van der Waals surface area contributed by atoms with Crippen LogP contribution in [0.2, 0.25) is 0 Å². The van der Waals surface area contributed by atoms with Crippen LogP contribution in [0.5, 0.6) is 0 Å². The van der Waals surface area contributed by atoms with Crippen LogP contribution in [0.15, 0.2) is 0 Å². The lowest BCUT2D eigenvalue weighted by atomic mass is 10.2. The van der Waals surface area contributed by atoms with E-state index >= 15 is 0 Å². The Morgan fingerprint density at radius 3 is 2.44 bits per heavy atom. The normalized spacial score (nSPS) is 23.8. The first-order chi connectivity index (χ1) is 8.35. The summed E-state index contributed by atoms with van der Waals surface area (Å²) in [6.07, 6.45) is -1.11. The number of carboxylic acids is 1. The van der Waals surface area contributed by atoms with Crippen molar-refractivity contribution in [2.75, 3.05) is 18.1 Å². The van der Waals surface area contributed by atoms with Gasteiger partial charge in [0.25, 0.3) is 0 Å². The molecule has 1 aliphatic heterocycles. The van der Waals surface area contributed by atoms with Gasteiger partial charge in [-0.05, 0) is 12.8 Å². The van der Waals surface area contributed by atoms with Gasteiger partial charge < -0.3 is 15.2 Å². The number of ether oxygens (including phenoxy) is 1. The number of carbonyl (C=O) groups excluding carboxylic acids is 1. The molecule has 0 aliphatic carbocycles. The van der Waals surface area contributed by atoms with Gasteiger partial charge >= 0.3 is 5.97 Å². The number of hydrogen-bond acceptors (Lipinski definition) is 5. The van der Waals surface area contributed by atoms with E-state index in [4.69, 9.17) is 9.84 Å². The van der Waals surface area contributed by atoms with Crippen LogP contribution in [0.25, 0.3) is 0 Å². The average molecular weight is 279 g/mol. The fourth-order valence-electron chi connectivity index (χ4n) is 1.60. The third kappa shape index (κ3) is 4.26. The van der Waals surface area contributed by atoms with E-state index in [1.807, 2.05) is 0 Å². The van der Waals surface area contributed by atoms with E-state index in [1.54, 1.807) is 0 Å². The van der Waals surface area contributed by atoms with Gasteiger partial charge in [-0.15, -0.1) is 0 Å². The molecule has 0 aromatic rings. The number of sulfone groups is 1. The monoisotopic (exact) mass is 279 g/mol. The number of aliphatic carboxylic acids is 1. The van der Waals surface area contributed by atoms with Crippen molar-refractivity contribution in [2.24, 2.45) is 0 Å². The first-order valence-electron chi connectivity index (χ1n) is 5.72. The molecule has 0 aromatic carbocycles. The summed E-state index contributed by atoms with van der Waals surface area (Å²) in [5, 5.41) is 11.1. The highest BCUT2D eigenvalue weighted by atomic mass is 32.2. The second kappa shape index (κ2) is 6.14. The Morgan fingerprint density at radius 2 is 1.94 bits per heavy atom. The summed E-state index contributed by atoms with van der Waals surface area (Å²) in [5.41, 5.74) is 0. The molecule has 1 rings (SSSR count). The van der Waals surface area contributed by atoms with Crippen LogP contribution in [0, 0.1) is 0 Å². The van der Waals surface area contributed by atoms with Crippen molar-refractivity contribution in [1.82, 2.24) is 5.32 Å². The predicted octanol–water partition coefficient (Wildman–Crippen LogP) is -0.830. The van der Waals surface area contributed by atoms with Gasteiger partial charge in [0.05, 0.1) is 5.75 Å². The molecule has 1 aliphatic rings. The number of nitrogens with one attached hydrogen (secondary N) is 1. The first kappa shape index (κ1) is 14.9. The van der Waals surface area contributed by atoms with Crippen LogP contribution in [0.1, 0.15) is 19.8 Å². The molecule has 0 radical (unpaired) electrons. The fraction of sp³-hybridized carbons (Fsp3) is 0.800. The summed E-state index contributed by atoms with van der Waals surface area (Å²) in [5.74, 6) is -1.63. The van der Waals surface area contributed by atoms with Gasteiger partial charge in [0.15, 0.2) is 15.9 Å². The third-order valence-corrected chi connectivity index (χ3v) is 4.45. The Kier molecular flexibility index (Phi) is 5.09. The second-order valence-corrected chi connectivity index (χ2v) is 6.53. The standard InChI is InChI=1S/C10H17NO6S/c1-2-18(15,16)6-5-11-9(12)7-3-4-8(17-7)10(13)14/h7-8H,2-6H2,1H3,(H,11,12)(H,13,14). The van der Waals surface area contributed by atoms with E-state index < -0.39 is 33.9 Å². The molecule has 0 aromatic heterocycles. The molecule has 2 N–H and O–H groups in total. The van der Waals surface area contributed by atoms with Crippen molar-refractivity contribution in [3.05, 3.63) is 0 Å².